The molecule has 1 amide bonds. The molecule has 0 radical (unpaired) electrons. The highest BCUT2D eigenvalue weighted by molar-refractivity contribution is 5.96. The largest absolute Gasteiger partial charge is 0.508 e. The monoisotopic (exact) mass is 255 g/mol. The highest BCUT2D eigenvalue weighted by Gasteiger charge is 2.51. The number of carbonyl (C=O) groups is 1. The zero-order valence-electron chi connectivity index (χ0n) is 10.7. The Labute approximate surface area is 112 Å². The minimum Gasteiger partial charge on any atom is -0.508 e. The molecule has 1 heterocycles. The van der Waals surface area contributed by atoms with Crippen molar-refractivity contribution in [1.82, 2.24) is 0 Å². The summed E-state index contributed by atoms with van der Waals surface area (Å²) in [4.78, 5) is 14.6. The van der Waals surface area contributed by atoms with Crippen molar-refractivity contribution in [2.75, 3.05) is 11.4 Å². The van der Waals surface area contributed by atoms with E-state index in [0.29, 0.717) is 17.8 Å². The third kappa shape index (κ3) is 1.54. The van der Waals surface area contributed by atoms with E-state index in [0.717, 1.165) is 18.7 Å². The Morgan fingerprint density at radius 3 is 2.63 bits per heavy atom. The van der Waals surface area contributed by atoms with E-state index in [1.165, 1.54) is 6.42 Å². The topological polar surface area (TPSA) is 40.5 Å². The summed E-state index contributed by atoms with van der Waals surface area (Å²) in [7, 11) is 0. The van der Waals surface area contributed by atoms with Crippen LogP contribution in [0.1, 0.15) is 12.8 Å². The number of aromatic hydroxyl groups is 1. The quantitative estimate of drug-likeness (QED) is 0.783. The Balaban J connectivity index is 1.64. The van der Waals surface area contributed by atoms with Gasteiger partial charge in [-0.2, -0.15) is 0 Å². The first-order valence-electron chi connectivity index (χ1n) is 7.03. The van der Waals surface area contributed by atoms with Crippen LogP contribution in [0.3, 0.4) is 0 Å². The van der Waals surface area contributed by atoms with E-state index in [4.69, 9.17) is 0 Å². The normalized spacial score (nSPS) is 35.8. The van der Waals surface area contributed by atoms with Crippen molar-refractivity contribution in [3.63, 3.8) is 0 Å². The van der Waals surface area contributed by atoms with Crippen molar-refractivity contribution >= 4 is 11.6 Å². The summed E-state index contributed by atoms with van der Waals surface area (Å²) >= 11 is 0. The van der Waals surface area contributed by atoms with Crippen molar-refractivity contribution in [3.05, 3.63) is 36.4 Å². The smallest absolute Gasteiger partial charge is 0.230 e. The predicted octanol–water partition coefficient (Wildman–Crippen LogP) is 2.57. The minimum absolute atomic E-state index is 0.192. The summed E-state index contributed by atoms with van der Waals surface area (Å²) in [6.07, 6.45) is 6.83. The third-order valence-corrected chi connectivity index (χ3v) is 5.02. The molecule has 0 aromatic heterocycles. The first-order valence-corrected chi connectivity index (χ1v) is 7.03. The van der Waals surface area contributed by atoms with Crippen LogP contribution in [0.15, 0.2) is 36.4 Å². The number of piperidine rings is 1. The number of fused-ring (bicyclic) bond motifs is 5. The van der Waals surface area contributed by atoms with E-state index in [9.17, 15) is 9.90 Å². The molecule has 2 bridgehead atoms. The van der Waals surface area contributed by atoms with Gasteiger partial charge in [0.15, 0.2) is 0 Å². The van der Waals surface area contributed by atoms with Crippen LogP contribution in [0.4, 0.5) is 5.69 Å². The van der Waals surface area contributed by atoms with Gasteiger partial charge in [-0.3, -0.25) is 4.79 Å². The van der Waals surface area contributed by atoms with E-state index >= 15 is 0 Å². The molecule has 1 saturated heterocycles. The lowest BCUT2D eigenvalue weighted by Gasteiger charge is -2.38. The Morgan fingerprint density at radius 1 is 1.11 bits per heavy atom. The maximum atomic E-state index is 12.7. The number of amides is 1. The van der Waals surface area contributed by atoms with Crippen molar-refractivity contribution in [2.24, 2.45) is 23.7 Å². The van der Waals surface area contributed by atoms with Gasteiger partial charge in [-0.25, -0.2) is 0 Å². The lowest BCUT2D eigenvalue weighted by atomic mass is 9.77. The molecule has 2 aliphatic carbocycles. The van der Waals surface area contributed by atoms with Gasteiger partial charge in [-0.05, 0) is 54.9 Å². The number of benzene rings is 1. The molecule has 1 N–H and O–H groups in total. The molecule has 1 saturated carbocycles. The van der Waals surface area contributed by atoms with Crippen molar-refractivity contribution in [3.8, 4) is 5.75 Å². The first-order chi connectivity index (χ1) is 9.24. The van der Waals surface area contributed by atoms with Crippen molar-refractivity contribution in [2.45, 2.75) is 12.8 Å². The average Bonchev–Trinajstić information content (AvgIpc) is 3.02. The number of allylic oxidation sites excluding steroid dienone is 2. The van der Waals surface area contributed by atoms with Crippen LogP contribution in [0.25, 0.3) is 0 Å². The van der Waals surface area contributed by atoms with Gasteiger partial charge in [-0.1, -0.05) is 12.2 Å². The number of hydrogen-bond donors (Lipinski definition) is 1. The third-order valence-electron chi connectivity index (χ3n) is 5.02. The lowest BCUT2D eigenvalue weighted by molar-refractivity contribution is -0.126. The van der Waals surface area contributed by atoms with E-state index in [-0.39, 0.29) is 17.6 Å². The molecule has 1 aliphatic heterocycles. The zero-order chi connectivity index (χ0) is 13.0. The highest BCUT2D eigenvalue weighted by Crippen LogP contribution is 2.52. The molecule has 98 valence electrons. The van der Waals surface area contributed by atoms with Crippen molar-refractivity contribution in [1.29, 1.82) is 0 Å². The lowest BCUT2D eigenvalue weighted by Crippen LogP contribution is -2.47. The van der Waals surface area contributed by atoms with Crippen LogP contribution in [-0.2, 0) is 4.79 Å². The summed E-state index contributed by atoms with van der Waals surface area (Å²) in [5.41, 5.74) is 0.910. The fourth-order valence-corrected chi connectivity index (χ4v) is 4.14. The van der Waals surface area contributed by atoms with E-state index in [1.807, 2.05) is 17.0 Å². The maximum absolute atomic E-state index is 12.7. The first kappa shape index (κ1) is 11.1. The number of anilines is 1. The van der Waals surface area contributed by atoms with Gasteiger partial charge in [0.25, 0.3) is 0 Å². The molecule has 1 aromatic carbocycles. The Hall–Kier alpha value is -1.77. The van der Waals surface area contributed by atoms with Gasteiger partial charge in [0.1, 0.15) is 5.75 Å². The summed E-state index contributed by atoms with van der Waals surface area (Å²) in [5.74, 6) is 2.38. The molecule has 0 spiro atoms. The van der Waals surface area contributed by atoms with Gasteiger partial charge < -0.3 is 10.0 Å². The average molecular weight is 255 g/mol. The summed E-state index contributed by atoms with van der Waals surface area (Å²) < 4.78 is 0. The number of hydrogen-bond acceptors (Lipinski definition) is 2. The molecule has 4 rings (SSSR count). The maximum Gasteiger partial charge on any atom is 0.230 e. The van der Waals surface area contributed by atoms with E-state index < -0.39 is 0 Å². The number of carbonyl (C=O) groups excluding carboxylic acids is 1. The summed E-state index contributed by atoms with van der Waals surface area (Å²) in [5, 5.41) is 9.34. The standard InChI is InChI=1S/C16H17NO2/c18-13-5-3-12(4-6-13)17-8-7-14-10-1-2-11(9-10)15(14)16(17)19/h1-6,10-11,14-15,18H,7-9H2. The summed E-state index contributed by atoms with van der Waals surface area (Å²) in [6, 6.07) is 6.96. The fourth-order valence-electron chi connectivity index (χ4n) is 4.14. The molecule has 3 nitrogen and oxygen atoms in total. The molecule has 4 unspecified atom stereocenters. The number of rotatable bonds is 1. The van der Waals surface area contributed by atoms with Crippen LogP contribution in [0.5, 0.6) is 5.75 Å². The van der Waals surface area contributed by atoms with Gasteiger partial charge in [0.2, 0.25) is 5.91 Å². The molecule has 2 fully saturated rings. The zero-order valence-corrected chi connectivity index (χ0v) is 10.7. The predicted molar refractivity (Wildman–Crippen MR) is 72.8 cm³/mol. The van der Waals surface area contributed by atoms with Crippen LogP contribution in [0, 0.1) is 23.7 Å². The molecular formula is C16H17NO2. The Kier molecular flexibility index (Phi) is 2.25. The highest BCUT2D eigenvalue weighted by atomic mass is 16.3. The molecule has 19 heavy (non-hydrogen) atoms. The van der Waals surface area contributed by atoms with Crippen LogP contribution in [0.2, 0.25) is 0 Å². The van der Waals surface area contributed by atoms with Gasteiger partial charge in [0, 0.05) is 18.2 Å². The van der Waals surface area contributed by atoms with E-state index in [2.05, 4.69) is 12.2 Å². The van der Waals surface area contributed by atoms with Crippen LogP contribution >= 0.6 is 0 Å². The van der Waals surface area contributed by atoms with Gasteiger partial charge in [0.05, 0.1) is 0 Å². The molecule has 4 atom stereocenters. The second-order valence-corrected chi connectivity index (χ2v) is 5.93. The van der Waals surface area contributed by atoms with Crippen LogP contribution < -0.4 is 4.90 Å². The van der Waals surface area contributed by atoms with Crippen molar-refractivity contribution < 1.29 is 9.90 Å². The van der Waals surface area contributed by atoms with Crippen LogP contribution in [-0.4, -0.2) is 17.6 Å². The molecule has 3 aliphatic rings. The number of phenols is 1. The number of phenolic OH excluding ortho intramolecular Hbond substituents is 1. The molecule has 1 aromatic rings. The number of nitrogens with zero attached hydrogens (tertiary/aromatic N) is 1. The second kappa shape index (κ2) is 3.86. The second-order valence-electron chi connectivity index (χ2n) is 5.93. The minimum atomic E-state index is 0.192. The SMILES string of the molecule is O=C1C2C3C=CC(C3)C2CCN1c1ccc(O)cc1. The summed E-state index contributed by atoms with van der Waals surface area (Å²) in [6.45, 7) is 0.807. The molecular weight excluding hydrogens is 238 g/mol. The Morgan fingerprint density at radius 2 is 1.84 bits per heavy atom. The van der Waals surface area contributed by atoms with Gasteiger partial charge >= 0.3 is 0 Å². The Bertz CT molecular complexity index is 548. The van der Waals surface area contributed by atoms with Gasteiger partial charge in [-0.15, -0.1) is 0 Å². The molecule has 3 heteroatoms. The van der Waals surface area contributed by atoms with E-state index in [1.54, 1.807) is 12.1 Å². The fraction of sp³-hybridized carbons (Fsp3) is 0.438.